The number of ether oxygens (including phenoxy) is 2. The van der Waals surface area contributed by atoms with E-state index in [9.17, 15) is 10.2 Å². The maximum absolute atomic E-state index is 10.5. The Morgan fingerprint density at radius 3 is 2.28 bits per heavy atom. The Bertz CT molecular complexity index is 469. The lowest BCUT2D eigenvalue weighted by atomic mass is 9.77. The summed E-state index contributed by atoms with van der Waals surface area (Å²) < 4.78 is 12.3. The molecule has 0 aromatic heterocycles. The van der Waals surface area contributed by atoms with Crippen LogP contribution in [0.2, 0.25) is 0 Å². The summed E-state index contributed by atoms with van der Waals surface area (Å²) >= 11 is 0. The van der Waals surface area contributed by atoms with Crippen molar-refractivity contribution in [1.82, 2.24) is 0 Å². The maximum Gasteiger partial charge on any atom is 0.0925 e. The SMILES string of the molecule is CCC(CC(C)(O)CC)C1COC2C(/C=C(\C)C(C)(O)CC)COC12. The Morgan fingerprint density at radius 1 is 1.08 bits per heavy atom. The van der Waals surface area contributed by atoms with Crippen molar-refractivity contribution in [3.8, 4) is 0 Å². The highest BCUT2D eigenvalue weighted by Gasteiger charge is 2.49. The zero-order valence-corrected chi connectivity index (χ0v) is 16.9. The van der Waals surface area contributed by atoms with E-state index in [1.54, 1.807) is 0 Å². The van der Waals surface area contributed by atoms with Crippen LogP contribution in [-0.4, -0.2) is 46.8 Å². The standard InChI is InChI=1S/C21H38O4/c1-7-15(11-20(5,22)8-2)17-13-25-18-16(12-24-19(17)18)10-14(4)21(6,23)9-3/h10,15-19,22-23H,7-9,11-13H2,1-6H3/b14-10+. The molecule has 2 fully saturated rings. The van der Waals surface area contributed by atoms with E-state index in [1.165, 1.54) is 0 Å². The molecule has 2 heterocycles. The van der Waals surface area contributed by atoms with Crippen LogP contribution in [0.4, 0.5) is 0 Å². The van der Waals surface area contributed by atoms with Crippen LogP contribution in [0, 0.1) is 17.8 Å². The van der Waals surface area contributed by atoms with Gasteiger partial charge < -0.3 is 19.7 Å². The fourth-order valence-electron chi connectivity index (χ4n) is 4.19. The third-order valence-corrected chi connectivity index (χ3v) is 6.73. The number of fused-ring (bicyclic) bond motifs is 1. The van der Waals surface area contributed by atoms with Crippen molar-refractivity contribution >= 4 is 0 Å². The summed E-state index contributed by atoms with van der Waals surface area (Å²) in [5.41, 5.74) is -0.383. The normalized spacial score (nSPS) is 35.9. The average molecular weight is 355 g/mol. The van der Waals surface area contributed by atoms with E-state index in [1.807, 2.05) is 34.6 Å². The molecule has 0 saturated carbocycles. The first-order valence-corrected chi connectivity index (χ1v) is 10.0. The molecule has 2 aliphatic rings. The van der Waals surface area contributed by atoms with Gasteiger partial charge in [-0.15, -0.1) is 0 Å². The quantitative estimate of drug-likeness (QED) is 0.653. The third-order valence-electron chi connectivity index (χ3n) is 6.73. The van der Waals surface area contributed by atoms with Gasteiger partial charge in [0.15, 0.2) is 0 Å². The Hall–Kier alpha value is -0.420. The minimum atomic E-state index is -0.762. The molecule has 0 aliphatic carbocycles. The summed E-state index contributed by atoms with van der Waals surface area (Å²) in [6.45, 7) is 13.4. The van der Waals surface area contributed by atoms with Gasteiger partial charge >= 0.3 is 0 Å². The van der Waals surface area contributed by atoms with Crippen LogP contribution in [0.5, 0.6) is 0 Å². The fraction of sp³-hybridized carbons (Fsp3) is 0.905. The largest absolute Gasteiger partial charge is 0.390 e. The van der Waals surface area contributed by atoms with Gasteiger partial charge in [-0.05, 0) is 51.5 Å². The zero-order chi connectivity index (χ0) is 18.8. The molecule has 0 aromatic rings. The van der Waals surface area contributed by atoms with Crippen LogP contribution in [0.25, 0.3) is 0 Å². The summed E-state index contributed by atoms with van der Waals surface area (Å²) in [6, 6.07) is 0. The van der Waals surface area contributed by atoms with E-state index >= 15 is 0 Å². The molecule has 146 valence electrons. The maximum atomic E-state index is 10.5. The smallest absolute Gasteiger partial charge is 0.0925 e. The number of hydrogen-bond donors (Lipinski definition) is 2. The Labute approximate surface area is 153 Å². The molecular formula is C21H38O4. The minimum absolute atomic E-state index is 0.0771. The van der Waals surface area contributed by atoms with Crippen LogP contribution in [-0.2, 0) is 9.47 Å². The van der Waals surface area contributed by atoms with Crippen molar-refractivity contribution in [2.45, 2.75) is 90.6 Å². The highest BCUT2D eigenvalue weighted by molar-refractivity contribution is 5.16. The Balaban J connectivity index is 2.07. The third kappa shape index (κ3) is 4.65. The molecule has 25 heavy (non-hydrogen) atoms. The van der Waals surface area contributed by atoms with Crippen molar-refractivity contribution in [3.05, 3.63) is 11.6 Å². The minimum Gasteiger partial charge on any atom is -0.390 e. The highest BCUT2D eigenvalue weighted by Crippen LogP contribution is 2.42. The number of rotatable bonds is 8. The second kappa shape index (κ2) is 8.08. The van der Waals surface area contributed by atoms with Gasteiger partial charge in [0, 0.05) is 11.8 Å². The first-order valence-electron chi connectivity index (χ1n) is 10.0. The summed E-state index contributed by atoms with van der Waals surface area (Å²) in [6.07, 6.45) is 5.63. The molecule has 0 radical (unpaired) electrons. The topological polar surface area (TPSA) is 58.9 Å². The first-order chi connectivity index (χ1) is 11.6. The van der Waals surface area contributed by atoms with Crippen molar-refractivity contribution in [2.24, 2.45) is 17.8 Å². The van der Waals surface area contributed by atoms with E-state index in [2.05, 4.69) is 13.0 Å². The lowest BCUT2D eigenvalue weighted by molar-refractivity contribution is -0.00384. The van der Waals surface area contributed by atoms with Gasteiger partial charge in [0.2, 0.25) is 0 Å². The van der Waals surface area contributed by atoms with Crippen molar-refractivity contribution in [3.63, 3.8) is 0 Å². The van der Waals surface area contributed by atoms with Gasteiger partial charge in [0.1, 0.15) is 0 Å². The highest BCUT2D eigenvalue weighted by atomic mass is 16.6. The summed E-state index contributed by atoms with van der Waals surface area (Å²) in [5, 5.41) is 20.9. The van der Waals surface area contributed by atoms with Crippen LogP contribution in [0.15, 0.2) is 11.6 Å². The second-order valence-electron chi connectivity index (χ2n) is 8.62. The molecule has 7 unspecified atom stereocenters. The molecule has 0 spiro atoms. The number of aliphatic hydroxyl groups is 2. The van der Waals surface area contributed by atoms with Crippen molar-refractivity contribution < 1.29 is 19.7 Å². The van der Waals surface area contributed by atoms with Gasteiger partial charge in [-0.25, -0.2) is 0 Å². The second-order valence-corrected chi connectivity index (χ2v) is 8.62. The van der Waals surface area contributed by atoms with Gasteiger partial charge in [0.25, 0.3) is 0 Å². The predicted octanol–water partition coefficient (Wildman–Crippen LogP) is 3.70. The molecule has 0 aromatic carbocycles. The zero-order valence-electron chi connectivity index (χ0n) is 16.9. The molecule has 4 heteroatoms. The van der Waals surface area contributed by atoms with E-state index in [-0.39, 0.29) is 18.1 Å². The predicted molar refractivity (Wildman–Crippen MR) is 100 cm³/mol. The molecule has 2 N–H and O–H groups in total. The summed E-state index contributed by atoms with van der Waals surface area (Å²) in [4.78, 5) is 0. The molecule has 2 saturated heterocycles. The lowest BCUT2D eigenvalue weighted by Crippen LogP contribution is -2.35. The van der Waals surface area contributed by atoms with Gasteiger partial charge in [-0.1, -0.05) is 33.3 Å². The molecule has 7 atom stereocenters. The van der Waals surface area contributed by atoms with Crippen LogP contribution < -0.4 is 0 Å². The fourth-order valence-corrected chi connectivity index (χ4v) is 4.19. The molecule has 4 nitrogen and oxygen atoms in total. The van der Waals surface area contributed by atoms with E-state index in [4.69, 9.17) is 9.47 Å². The van der Waals surface area contributed by atoms with Gasteiger partial charge in [-0.3, -0.25) is 0 Å². The molecule has 0 bridgehead atoms. The molecule has 2 aliphatic heterocycles. The van der Waals surface area contributed by atoms with Crippen LogP contribution in [0.1, 0.15) is 67.2 Å². The Morgan fingerprint density at radius 2 is 1.72 bits per heavy atom. The number of hydrogen-bond acceptors (Lipinski definition) is 4. The van der Waals surface area contributed by atoms with Crippen molar-refractivity contribution in [2.75, 3.05) is 13.2 Å². The lowest BCUT2D eigenvalue weighted by Gasteiger charge is -2.32. The average Bonchev–Trinajstić information content (AvgIpc) is 3.15. The summed E-state index contributed by atoms with van der Waals surface area (Å²) in [5.74, 6) is 0.961. The molecular weight excluding hydrogens is 316 g/mol. The van der Waals surface area contributed by atoms with Gasteiger partial charge in [0.05, 0.1) is 36.6 Å². The molecule has 2 rings (SSSR count). The Kier molecular flexibility index (Phi) is 6.75. The van der Waals surface area contributed by atoms with Gasteiger partial charge in [-0.2, -0.15) is 0 Å². The van der Waals surface area contributed by atoms with E-state index in [0.717, 1.165) is 24.8 Å². The monoisotopic (exact) mass is 354 g/mol. The van der Waals surface area contributed by atoms with Crippen molar-refractivity contribution in [1.29, 1.82) is 0 Å². The van der Waals surface area contributed by atoms with Crippen LogP contribution in [0.3, 0.4) is 0 Å². The summed E-state index contributed by atoms with van der Waals surface area (Å²) in [7, 11) is 0. The van der Waals surface area contributed by atoms with E-state index in [0.29, 0.717) is 31.5 Å². The van der Waals surface area contributed by atoms with Crippen LogP contribution >= 0.6 is 0 Å². The van der Waals surface area contributed by atoms with E-state index < -0.39 is 11.2 Å². The molecule has 0 amide bonds. The first kappa shape index (κ1) is 20.9.